The number of anilines is 1. The minimum Gasteiger partial charge on any atom is -0.403 e. The third-order valence-corrected chi connectivity index (χ3v) is 10.3. The lowest BCUT2D eigenvalue weighted by molar-refractivity contribution is 0.102. The van der Waals surface area contributed by atoms with Crippen LogP contribution in [0.4, 0.5) is 6.01 Å². The monoisotopic (exact) mass is 532 g/mol. The molecule has 12 heteroatoms. The minimum atomic E-state index is -3.61. The van der Waals surface area contributed by atoms with Crippen LogP contribution in [0.5, 0.6) is 0 Å². The van der Waals surface area contributed by atoms with Crippen molar-refractivity contribution in [1.82, 2.24) is 14.5 Å². The van der Waals surface area contributed by atoms with Gasteiger partial charge in [-0.25, -0.2) is 16.8 Å². The van der Waals surface area contributed by atoms with Crippen molar-refractivity contribution in [2.45, 2.75) is 48.7 Å². The molecule has 36 heavy (non-hydrogen) atoms. The molecule has 3 aromatic rings. The molecule has 1 amide bonds. The number of benzene rings is 2. The van der Waals surface area contributed by atoms with Crippen LogP contribution in [-0.2, 0) is 19.9 Å². The summed E-state index contributed by atoms with van der Waals surface area (Å²) in [6.07, 6.45) is 1.65. The molecule has 1 aliphatic rings. The van der Waals surface area contributed by atoms with Crippen LogP contribution >= 0.6 is 0 Å². The van der Waals surface area contributed by atoms with Gasteiger partial charge in [0.1, 0.15) is 0 Å². The van der Waals surface area contributed by atoms with Crippen LogP contribution in [0, 0.1) is 5.92 Å². The van der Waals surface area contributed by atoms with Crippen molar-refractivity contribution in [1.29, 1.82) is 0 Å². The Morgan fingerprint density at radius 1 is 0.944 bits per heavy atom. The van der Waals surface area contributed by atoms with Gasteiger partial charge in [0.05, 0.1) is 15.0 Å². The van der Waals surface area contributed by atoms with E-state index in [9.17, 15) is 21.6 Å². The normalized spacial score (nSPS) is 15.8. The number of piperidine rings is 1. The smallest absolute Gasteiger partial charge is 0.322 e. The van der Waals surface area contributed by atoms with E-state index < -0.39 is 31.0 Å². The quantitative estimate of drug-likeness (QED) is 0.487. The predicted octanol–water partition coefficient (Wildman–Crippen LogP) is 3.59. The Labute approximate surface area is 210 Å². The highest BCUT2D eigenvalue weighted by Crippen LogP contribution is 2.25. The molecule has 1 aliphatic heterocycles. The van der Waals surface area contributed by atoms with E-state index in [-0.39, 0.29) is 27.3 Å². The molecule has 1 aromatic heterocycles. The van der Waals surface area contributed by atoms with Crippen LogP contribution in [0.25, 0.3) is 11.5 Å². The number of carbonyl (C=O) groups is 1. The fourth-order valence-electron chi connectivity index (χ4n) is 3.77. The van der Waals surface area contributed by atoms with Gasteiger partial charge in [-0.2, -0.15) is 4.31 Å². The summed E-state index contributed by atoms with van der Waals surface area (Å²) in [4.78, 5) is 12.9. The molecule has 0 aliphatic carbocycles. The van der Waals surface area contributed by atoms with E-state index in [2.05, 4.69) is 22.4 Å². The van der Waals surface area contributed by atoms with Gasteiger partial charge in [0, 0.05) is 24.2 Å². The topological polar surface area (TPSA) is 140 Å². The number of nitrogens with zero attached hydrogens (tertiary/aromatic N) is 3. The van der Waals surface area contributed by atoms with E-state index in [1.807, 2.05) is 0 Å². The van der Waals surface area contributed by atoms with Crippen molar-refractivity contribution in [3.63, 3.8) is 0 Å². The first-order valence-electron chi connectivity index (χ1n) is 11.6. The Bertz CT molecular complexity index is 1440. The summed E-state index contributed by atoms with van der Waals surface area (Å²) in [5.74, 6) is 0.0727. The van der Waals surface area contributed by atoms with Gasteiger partial charge in [-0.3, -0.25) is 10.1 Å². The fourth-order valence-corrected chi connectivity index (χ4v) is 6.30. The zero-order valence-corrected chi connectivity index (χ0v) is 21.8. The summed E-state index contributed by atoms with van der Waals surface area (Å²) >= 11 is 0. The maximum Gasteiger partial charge on any atom is 0.322 e. The SMILES string of the molecule is CC1CCN(S(=O)(=O)c2ccc(C(=O)Nc3nnc(-c4ccc(S(=O)(=O)C(C)C)cc4)o3)cc2)CC1. The van der Waals surface area contributed by atoms with Gasteiger partial charge in [0.25, 0.3) is 5.91 Å². The molecule has 1 N–H and O–H groups in total. The van der Waals surface area contributed by atoms with Gasteiger partial charge in [-0.05, 0) is 81.1 Å². The second kappa shape index (κ2) is 10.1. The third-order valence-electron chi connectivity index (χ3n) is 6.19. The first kappa shape index (κ1) is 26.0. The number of nitrogens with one attached hydrogen (secondary N) is 1. The average Bonchev–Trinajstić information content (AvgIpc) is 3.33. The lowest BCUT2D eigenvalue weighted by Gasteiger charge is -2.29. The molecular weight excluding hydrogens is 504 g/mol. The summed E-state index contributed by atoms with van der Waals surface area (Å²) in [6.45, 7) is 6.30. The molecule has 0 bridgehead atoms. The van der Waals surface area contributed by atoms with Gasteiger partial charge in [0.2, 0.25) is 15.9 Å². The molecule has 0 atom stereocenters. The fraction of sp³-hybridized carbons (Fsp3) is 0.375. The second-order valence-electron chi connectivity index (χ2n) is 9.10. The van der Waals surface area contributed by atoms with Crippen molar-refractivity contribution in [2.24, 2.45) is 5.92 Å². The van der Waals surface area contributed by atoms with Crippen molar-refractivity contribution in [3.8, 4) is 11.5 Å². The molecule has 0 saturated carbocycles. The summed E-state index contributed by atoms with van der Waals surface area (Å²) in [5.41, 5.74) is 0.719. The first-order valence-corrected chi connectivity index (χ1v) is 14.6. The Morgan fingerprint density at radius 2 is 1.53 bits per heavy atom. The van der Waals surface area contributed by atoms with Gasteiger partial charge in [-0.15, -0.1) is 5.10 Å². The number of hydrogen-bond acceptors (Lipinski definition) is 8. The number of hydrogen-bond donors (Lipinski definition) is 1. The summed E-state index contributed by atoms with van der Waals surface area (Å²) in [7, 11) is -7.01. The largest absolute Gasteiger partial charge is 0.403 e. The van der Waals surface area contributed by atoms with E-state index in [0.717, 1.165) is 12.8 Å². The highest BCUT2D eigenvalue weighted by molar-refractivity contribution is 7.92. The minimum absolute atomic E-state index is 0.107. The van der Waals surface area contributed by atoms with Gasteiger partial charge < -0.3 is 4.42 Å². The van der Waals surface area contributed by atoms with E-state index in [4.69, 9.17) is 4.42 Å². The summed E-state index contributed by atoms with van der Waals surface area (Å²) < 4.78 is 57.3. The van der Waals surface area contributed by atoms with Crippen LogP contribution < -0.4 is 5.32 Å². The highest BCUT2D eigenvalue weighted by Gasteiger charge is 2.28. The number of rotatable bonds is 7. The van der Waals surface area contributed by atoms with E-state index in [0.29, 0.717) is 24.6 Å². The molecule has 0 spiro atoms. The molecule has 0 unspecified atom stereocenters. The summed E-state index contributed by atoms with van der Waals surface area (Å²) in [5, 5.41) is 9.66. The highest BCUT2D eigenvalue weighted by atomic mass is 32.2. The first-order chi connectivity index (χ1) is 17.0. The van der Waals surface area contributed by atoms with Crippen LogP contribution in [0.1, 0.15) is 44.0 Å². The molecule has 0 radical (unpaired) electrons. The van der Waals surface area contributed by atoms with Crippen LogP contribution in [0.2, 0.25) is 0 Å². The summed E-state index contributed by atoms with van der Waals surface area (Å²) in [6, 6.07) is 11.6. The average molecular weight is 533 g/mol. The molecular formula is C24H28N4O6S2. The van der Waals surface area contributed by atoms with E-state index >= 15 is 0 Å². The molecule has 2 heterocycles. The third kappa shape index (κ3) is 5.35. The maximum atomic E-state index is 12.9. The Hall–Kier alpha value is -3.09. The zero-order chi connectivity index (χ0) is 26.1. The molecule has 4 rings (SSSR count). The number of aromatic nitrogens is 2. The number of sulfonamides is 1. The second-order valence-corrected chi connectivity index (χ2v) is 13.5. The van der Waals surface area contributed by atoms with Crippen LogP contribution in [0.3, 0.4) is 0 Å². The van der Waals surface area contributed by atoms with E-state index in [1.165, 1.54) is 40.7 Å². The maximum absolute atomic E-state index is 12.9. The Balaban J connectivity index is 1.43. The number of amides is 1. The predicted molar refractivity (Wildman–Crippen MR) is 134 cm³/mol. The Kier molecular flexibility index (Phi) is 7.30. The van der Waals surface area contributed by atoms with Gasteiger partial charge >= 0.3 is 6.01 Å². The van der Waals surface area contributed by atoms with Crippen LogP contribution in [-0.4, -0.2) is 55.6 Å². The van der Waals surface area contributed by atoms with Crippen molar-refractivity contribution >= 4 is 31.8 Å². The molecule has 192 valence electrons. The lowest BCUT2D eigenvalue weighted by atomic mass is 10.0. The standard InChI is InChI=1S/C24H28N4O6S2/c1-16(2)35(30,31)20-8-6-19(7-9-20)23-26-27-24(34-23)25-22(29)18-4-10-21(11-5-18)36(32,33)28-14-12-17(3)13-15-28/h4-11,16-17H,12-15H2,1-3H3,(H,25,27,29). The number of carbonyl (C=O) groups excluding carboxylic acids is 1. The van der Waals surface area contributed by atoms with Gasteiger partial charge in [-0.1, -0.05) is 12.0 Å². The number of sulfone groups is 1. The molecule has 10 nitrogen and oxygen atoms in total. The molecule has 2 aromatic carbocycles. The van der Waals surface area contributed by atoms with Crippen molar-refractivity contribution in [3.05, 3.63) is 54.1 Å². The zero-order valence-electron chi connectivity index (χ0n) is 20.2. The molecule has 1 saturated heterocycles. The molecule has 1 fully saturated rings. The van der Waals surface area contributed by atoms with Gasteiger partial charge in [0.15, 0.2) is 9.84 Å². The van der Waals surface area contributed by atoms with E-state index in [1.54, 1.807) is 26.0 Å². The van der Waals surface area contributed by atoms with Crippen molar-refractivity contribution in [2.75, 3.05) is 18.4 Å². The lowest BCUT2D eigenvalue weighted by Crippen LogP contribution is -2.37. The Morgan fingerprint density at radius 3 is 2.11 bits per heavy atom. The van der Waals surface area contributed by atoms with Crippen LogP contribution in [0.15, 0.2) is 62.7 Å². The van der Waals surface area contributed by atoms with Crippen molar-refractivity contribution < 1.29 is 26.0 Å².